The van der Waals surface area contributed by atoms with Crippen molar-refractivity contribution < 1.29 is 9.47 Å². The molecule has 3 heteroatoms. The van der Waals surface area contributed by atoms with Gasteiger partial charge in [0.05, 0.1) is 12.7 Å². The Morgan fingerprint density at radius 2 is 2.00 bits per heavy atom. The van der Waals surface area contributed by atoms with Crippen molar-refractivity contribution in [1.29, 1.82) is 0 Å². The van der Waals surface area contributed by atoms with E-state index >= 15 is 0 Å². The molecular formula is C9H21NO2. The molecule has 0 amide bonds. The highest BCUT2D eigenvalue weighted by Crippen LogP contribution is 2.06. The van der Waals surface area contributed by atoms with Gasteiger partial charge in [0.15, 0.2) is 0 Å². The Bertz CT molecular complexity index is 113. The summed E-state index contributed by atoms with van der Waals surface area (Å²) >= 11 is 0. The lowest BCUT2D eigenvalue weighted by atomic mass is 10.0. The van der Waals surface area contributed by atoms with E-state index in [1.54, 1.807) is 7.11 Å². The van der Waals surface area contributed by atoms with Crippen LogP contribution in [0.15, 0.2) is 0 Å². The normalized spacial score (nSPS) is 16.5. The molecule has 1 unspecified atom stereocenters. The topological polar surface area (TPSA) is 44.5 Å². The Kier molecular flexibility index (Phi) is 5.46. The lowest BCUT2D eigenvalue weighted by Gasteiger charge is -2.23. The number of nitrogens with two attached hydrogens (primary N) is 1. The maximum atomic E-state index is 5.91. The standard InChI is InChI=1S/C9H21NO2/c1-8(2)12-6-5-9(3,10)7-11-4/h8H,5-7,10H2,1-4H3. The number of hydrogen-bond donors (Lipinski definition) is 1. The molecule has 0 aliphatic rings. The molecular weight excluding hydrogens is 154 g/mol. The van der Waals surface area contributed by atoms with Crippen LogP contribution in [0.4, 0.5) is 0 Å². The molecule has 0 aliphatic carbocycles. The van der Waals surface area contributed by atoms with Gasteiger partial charge in [0.1, 0.15) is 0 Å². The zero-order valence-corrected chi connectivity index (χ0v) is 8.59. The van der Waals surface area contributed by atoms with Crippen molar-refractivity contribution in [2.75, 3.05) is 20.3 Å². The fourth-order valence-corrected chi connectivity index (χ4v) is 0.930. The van der Waals surface area contributed by atoms with Crippen LogP contribution in [0.2, 0.25) is 0 Å². The second kappa shape index (κ2) is 5.51. The van der Waals surface area contributed by atoms with E-state index in [0.29, 0.717) is 13.2 Å². The van der Waals surface area contributed by atoms with Gasteiger partial charge in [-0.1, -0.05) is 0 Å². The van der Waals surface area contributed by atoms with E-state index in [1.807, 2.05) is 20.8 Å². The summed E-state index contributed by atoms with van der Waals surface area (Å²) in [6.07, 6.45) is 1.11. The van der Waals surface area contributed by atoms with Gasteiger partial charge in [-0.15, -0.1) is 0 Å². The molecule has 0 heterocycles. The van der Waals surface area contributed by atoms with Crippen LogP contribution in [0.5, 0.6) is 0 Å². The number of hydrogen-bond acceptors (Lipinski definition) is 3. The van der Waals surface area contributed by atoms with Crippen molar-refractivity contribution >= 4 is 0 Å². The van der Waals surface area contributed by atoms with Crippen molar-refractivity contribution in [2.45, 2.75) is 38.8 Å². The molecule has 2 N–H and O–H groups in total. The van der Waals surface area contributed by atoms with Crippen LogP contribution in [-0.4, -0.2) is 32.0 Å². The molecule has 0 rings (SSSR count). The van der Waals surface area contributed by atoms with Crippen molar-refractivity contribution in [3.05, 3.63) is 0 Å². The van der Waals surface area contributed by atoms with Crippen molar-refractivity contribution in [3.63, 3.8) is 0 Å². The number of methoxy groups -OCH3 is 1. The van der Waals surface area contributed by atoms with E-state index in [9.17, 15) is 0 Å². The minimum absolute atomic E-state index is 0.260. The van der Waals surface area contributed by atoms with Crippen molar-refractivity contribution in [3.8, 4) is 0 Å². The van der Waals surface area contributed by atoms with E-state index < -0.39 is 0 Å². The molecule has 74 valence electrons. The van der Waals surface area contributed by atoms with Gasteiger partial charge in [0.2, 0.25) is 0 Å². The summed E-state index contributed by atoms with van der Waals surface area (Å²) in [5.41, 5.74) is 5.65. The molecule has 0 radical (unpaired) electrons. The summed E-state index contributed by atoms with van der Waals surface area (Å²) in [5.74, 6) is 0. The van der Waals surface area contributed by atoms with E-state index in [2.05, 4.69) is 0 Å². The highest BCUT2D eigenvalue weighted by atomic mass is 16.5. The van der Waals surface area contributed by atoms with Crippen molar-refractivity contribution in [2.24, 2.45) is 5.73 Å². The molecule has 0 aliphatic heterocycles. The first-order chi connectivity index (χ1) is 5.48. The van der Waals surface area contributed by atoms with E-state index in [4.69, 9.17) is 15.2 Å². The third-order valence-electron chi connectivity index (χ3n) is 1.60. The Morgan fingerprint density at radius 3 is 2.42 bits per heavy atom. The van der Waals surface area contributed by atoms with E-state index in [0.717, 1.165) is 6.42 Å². The van der Waals surface area contributed by atoms with Crippen LogP contribution >= 0.6 is 0 Å². The van der Waals surface area contributed by atoms with Gasteiger partial charge in [0.25, 0.3) is 0 Å². The molecule has 0 bridgehead atoms. The first-order valence-corrected chi connectivity index (χ1v) is 4.37. The molecule has 0 aromatic rings. The average molecular weight is 175 g/mol. The van der Waals surface area contributed by atoms with E-state index in [1.165, 1.54) is 0 Å². The number of rotatable bonds is 6. The maximum absolute atomic E-state index is 5.91. The van der Waals surface area contributed by atoms with Gasteiger partial charge >= 0.3 is 0 Å². The Hall–Kier alpha value is -0.120. The maximum Gasteiger partial charge on any atom is 0.0640 e. The third kappa shape index (κ3) is 6.58. The minimum atomic E-state index is -0.260. The third-order valence-corrected chi connectivity index (χ3v) is 1.60. The van der Waals surface area contributed by atoms with Gasteiger partial charge in [0, 0.05) is 19.3 Å². The fourth-order valence-electron chi connectivity index (χ4n) is 0.930. The fraction of sp³-hybridized carbons (Fsp3) is 1.00. The molecule has 0 saturated carbocycles. The molecule has 0 aromatic heterocycles. The molecule has 3 nitrogen and oxygen atoms in total. The van der Waals surface area contributed by atoms with Crippen molar-refractivity contribution in [1.82, 2.24) is 0 Å². The van der Waals surface area contributed by atoms with Gasteiger partial charge in [-0.3, -0.25) is 0 Å². The highest BCUT2D eigenvalue weighted by Gasteiger charge is 2.17. The second-order valence-electron chi connectivity index (χ2n) is 3.76. The molecule has 12 heavy (non-hydrogen) atoms. The lowest BCUT2D eigenvalue weighted by Crippen LogP contribution is -2.42. The summed E-state index contributed by atoms with van der Waals surface area (Å²) in [7, 11) is 1.66. The summed E-state index contributed by atoms with van der Waals surface area (Å²) in [5, 5.41) is 0. The molecule has 0 fully saturated rings. The second-order valence-corrected chi connectivity index (χ2v) is 3.76. The number of ether oxygens (including phenoxy) is 2. The minimum Gasteiger partial charge on any atom is -0.383 e. The smallest absolute Gasteiger partial charge is 0.0640 e. The van der Waals surface area contributed by atoms with Gasteiger partial charge in [-0.05, 0) is 27.2 Å². The van der Waals surface area contributed by atoms with E-state index in [-0.39, 0.29) is 11.6 Å². The molecule has 0 spiro atoms. The lowest BCUT2D eigenvalue weighted by molar-refractivity contribution is 0.0515. The zero-order valence-electron chi connectivity index (χ0n) is 8.59. The van der Waals surface area contributed by atoms with Gasteiger partial charge < -0.3 is 15.2 Å². The Balaban J connectivity index is 3.46. The Labute approximate surface area is 75.2 Å². The van der Waals surface area contributed by atoms with Crippen LogP contribution in [0.25, 0.3) is 0 Å². The first kappa shape index (κ1) is 11.9. The SMILES string of the molecule is COCC(C)(N)CCOC(C)C. The first-order valence-electron chi connectivity index (χ1n) is 4.37. The monoisotopic (exact) mass is 175 g/mol. The average Bonchev–Trinajstić information content (AvgIpc) is 1.85. The predicted molar refractivity (Wildman–Crippen MR) is 50.2 cm³/mol. The highest BCUT2D eigenvalue weighted by molar-refractivity contribution is 4.77. The van der Waals surface area contributed by atoms with Crippen LogP contribution in [0, 0.1) is 0 Å². The molecule has 0 saturated heterocycles. The van der Waals surface area contributed by atoms with Crippen LogP contribution in [-0.2, 0) is 9.47 Å². The Morgan fingerprint density at radius 1 is 1.42 bits per heavy atom. The molecule has 1 atom stereocenters. The van der Waals surface area contributed by atoms with Crippen LogP contribution in [0.3, 0.4) is 0 Å². The van der Waals surface area contributed by atoms with Gasteiger partial charge in [-0.25, -0.2) is 0 Å². The van der Waals surface area contributed by atoms with Crippen LogP contribution in [0.1, 0.15) is 27.2 Å². The summed E-state index contributed by atoms with van der Waals surface area (Å²) < 4.78 is 10.4. The quantitative estimate of drug-likeness (QED) is 0.659. The summed E-state index contributed by atoms with van der Waals surface area (Å²) in [4.78, 5) is 0. The van der Waals surface area contributed by atoms with Gasteiger partial charge in [-0.2, -0.15) is 0 Å². The summed E-state index contributed by atoms with van der Waals surface area (Å²) in [6.45, 7) is 7.29. The van der Waals surface area contributed by atoms with Crippen LogP contribution < -0.4 is 5.73 Å². The largest absolute Gasteiger partial charge is 0.383 e. The molecule has 0 aromatic carbocycles. The summed E-state index contributed by atoms with van der Waals surface area (Å²) in [6, 6.07) is 0. The predicted octanol–water partition coefficient (Wildman–Crippen LogP) is 1.17. The zero-order chi connectivity index (χ0) is 9.61.